The lowest BCUT2D eigenvalue weighted by atomic mass is 10.3. The van der Waals surface area contributed by atoms with Gasteiger partial charge in [-0.25, -0.2) is 0 Å². The Morgan fingerprint density at radius 3 is 2.36 bits per heavy atom. The molecule has 0 spiro atoms. The first-order valence-corrected chi connectivity index (χ1v) is 4.88. The average Bonchev–Trinajstić information content (AvgIpc) is 2.79. The van der Waals surface area contributed by atoms with Crippen molar-refractivity contribution in [2.75, 3.05) is 6.54 Å². The predicted molar refractivity (Wildman–Crippen MR) is 49.2 cm³/mol. The van der Waals surface area contributed by atoms with E-state index < -0.39 is 23.9 Å². The van der Waals surface area contributed by atoms with Crippen molar-refractivity contribution in [3.63, 3.8) is 0 Å². The number of amides is 1. The molecule has 0 N–H and O–H groups in total. The summed E-state index contributed by atoms with van der Waals surface area (Å²) in [6.45, 7) is 0.332. The molecule has 0 saturated heterocycles. The van der Waals surface area contributed by atoms with Gasteiger partial charge in [0.05, 0.1) is 5.25 Å². The number of nitrogens with zero attached hydrogens (tertiary/aromatic N) is 1. The standard InChI is InChI=1S/C8H12F3NOS/c1-5(14)7(13)12(6-2-3-6)4-8(9,10)11/h5-6,14H,2-4H2,1H3. The van der Waals surface area contributed by atoms with Crippen molar-refractivity contribution >= 4 is 18.5 Å². The molecule has 1 aliphatic carbocycles. The summed E-state index contributed by atoms with van der Waals surface area (Å²) >= 11 is 3.85. The molecular weight excluding hydrogens is 215 g/mol. The molecule has 0 aromatic carbocycles. The van der Waals surface area contributed by atoms with Crippen LogP contribution in [0.4, 0.5) is 13.2 Å². The van der Waals surface area contributed by atoms with Crippen molar-refractivity contribution in [3.8, 4) is 0 Å². The Hall–Kier alpha value is -0.390. The molecule has 0 aliphatic heterocycles. The van der Waals surface area contributed by atoms with Gasteiger partial charge in [-0.15, -0.1) is 0 Å². The van der Waals surface area contributed by atoms with E-state index in [1.807, 2.05) is 0 Å². The summed E-state index contributed by atoms with van der Waals surface area (Å²) in [7, 11) is 0. The van der Waals surface area contributed by atoms with E-state index >= 15 is 0 Å². The SMILES string of the molecule is CC(S)C(=O)N(CC(F)(F)F)C1CC1. The summed E-state index contributed by atoms with van der Waals surface area (Å²) in [4.78, 5) is 12.2. The molecule has 6 heteroatoms. The monoisotopic (exact) mass is 227 g/mol. The first-order valence-electron chi connectivity index (χ1n) is 4.36. The minimum absolute atomic E-state index is 0.223. The maximum Gasteiger partial charge on any atom is 0.406 e. The van der Waals surface area contributed by atoms with Gasteiger partial charge in [-0.1, -0.05) is 0 Å². The molecule has 0 radical (unpaired) electrons. The first-order chi connectivity index (χ1) is 6.31. The Bertz CT molecular complexity index is 225. The van der Waals surface area contributed by atoms with Crippen LogP contribution in [0.3, 0.4) is 0 Å². The summed E-state index contributed by atoms with van der Waals surface area (Å²) in [6, 6.07) is -0.223. The maximum absolute atomic E-state index is 12.1. The second-order valence-corrected chi connectivity index (χ2v) is 4.26. The highest BCUT2D eigenvalue weighted by Crippen LogP contribution is 2.30. The van der Waals surface area contributed by atoms with Gasteiger partial charge in [0.25, 0.3) is 0 Å². The van der Waals surface area contributed by atoms with E-state index in [1.165, 1.54) is 6.92 Å². The maximum atomic E-state index is 12.1. The minimum atomic E-state index is -4.32. The summed E-state index contributed by atoms with van der Waals surface area (Å²) < 4.78 is 36.3. The average molecular weight is 227 g/mol. The van der Waals surface area contributed by atoms with E-state index in [0.29, 0.717) is 12.8 Å². The Balaban J connectivity index is 2.60. The third-order valence-corrected chi connectivity index (χ3v) is 2.20. The molecule has 14 heavy (non-hydrogen) atoms. The van der Waals surface area contributed by atoms with E-state index in [2.05, 4.69) is 12.6 Å². The van der Waals surface area contributed by atoms with Crippen molar-refractivity contribution in [3.05, 3.63) is 0 Å². The van der Waals surface area contributed by atoms with Crippen molar-refractivity contribution in [1.82, 2.24) is 4.90 Å². The molecular formula is C8H12F3NOS. The summed E-state index contributed by atoms with van der Waals surface area (Å²) in [6.07, 6.45) is -2.98. The molecule has 0 heterocycles. The van der Waals surface area contributed by atoms with Crippen LogP contribution >= 0.6 is 12.6 Å². The van der Waals surface area contributed by atoms with Crippen LogP contribution in [0.5, 0.6) is 0 Å². The molecule has 1 saturated carbocycles. The molecule has 1 unspecified atom stereocenters. The van der Waals surface area contributed by atoms with Crippen LogP contribution in [0.25, 0.3) is 0 Å². The Labute approximate surface area is 85.9 Å². The van der Waals surface area contributed by atoms with E-state index in [0.717, 1.165) is 4.90 Å². The fraction of sp³-hybridized carbons (Fsp3) is 0.875. The van der Waals surface area contributed by atoms with E-state index in [9.17, 15) is 18.0 Å². The molecule has 1 rings (SSSR count). The van der Waals surface area contributed by atoms with Crippen LogP contribution in [0, 0.1) is 0 Å². The lowest BCUT2D eigenvalue weighted by molar-refractivity contribution is -0.161. The summed E-state index contributed by atoms with van der Waals surface area (Å²) in [5, 5.41) is -0.669. The van der Waals surface area contributed by atoms with Crippen molar-refractivity contribution in [2.24, 2.45) is 0 Å². The molecule has 1 amide bonds. The molecule has 1 fully saturated rings. The molecule has 0 aromatic rings. The third kappa shape index (κ3) is 3.40. The van der Waals surface area contributed by atoms with Gasteiger partial charge in [-0.3, -0.25) is 4.79 Å². The van der Waals surface area contributed by atoms with Gasteiger partial charge in [0.1, 0.15) is 6.54 Å². The van der Waals surface area contributed by atoms with Crippen LogP contribution in [-0.2, 0) is 4.79 Å². The summed E-state index contributed by atoms with van der Waals surface area (Å²) in [5.74, 6) is -0.534. The quantitative estimate of drug-likeness (QED) is 0.730. The number of hydrogen-bond donors (Lipinski definition) is 1. The van der Waals surface area contributed by atoms with Gasteiger partial charge in [0.15, 0.2) is 0 Å². The molecule has 82 valence electrons. The second kappa shape index (κ2) is 4.00. The van der Waals surface area contributed by atoms with Crippen LogP contribution in [-0.4, -0.2) is 34.8 Å². The summed E-state index contributed by atoms with van der Waals surface area (Å²) in [5.41, 5.74) is 0. The normalized spacial score (nSPS) is 19.2. The molecule has 1 aliphatic rings. The lowest BCUT2D eigenvalue weighted by Gasteiger charge is -2.25. The van der Waals surface area contributed by atoms with E-state index in [1.54, 1.807) is 0 Å². The Morgan fingerprint density at radius 2 is 2.07 bits per heavy atom. The molecule has 0 aromatic heterocycles. The predicted octanol–water partition coefficient (Wildman–Crippen LogP) is 1.86. The lowest BCUT2D eigenvalue weighted by Crippen LogP contribution is -2.43. The minimum Gasteiger partial charge on any atom is -0.330 e. The van der Waals surface area contributed by atoms with Crippen molar-refractivity contribution < 1.29 is 18.0 Å². The van der Waals surface area contributed by atoms with Gasteiger partial charge in [0, 0.05) is 6.04 Å². The van der Waals surface area contributed by atoms with Crippen LogP contribution < -0.4 is 0 Å². The zero-order valence-corrected chi connectivity index (χ0v) is 8.61. The molecule has 0 bridgehead atoms. The smallest absolute Gasteiger partial charge is 0.330 e. The zero-order chi connectivity index (χ0) is 10.9. The Kier molecular flexibility index (Phi) is 3.34. The van der Waals surface area contributed by atoms with Crippen LogP contribution in [0.2, 0.25) is 0 Å². The van der Waals surface area contributed by atoms with Crippen LogP contribution in [0.15, 0.2) is 0 Å². The van der Waals surface area contributed by atoms with Crippen molar-refractivity contribution in [2.45, 2.75) is 37.2 Å². The third-order valence-electron chi connectivity index (χ3n) is 1.98. The number of alkyl halides is 3. The van der Waals surface area contributed by atoms with Gasteiger partial charge in [-0.05, 0) is 19.8 Å². The van der Waals surface area contributed by atoms with Gasteiger partial charge < -0.3 is 4.90 Å². The van der Waals surface area contributed by atoms with Gasteiger partial charge in [-0.2, -0.15) is 25.8 Å². The molecule has 1 atom stereocenters. The number of carbonyl (C=O) groups excluding carboxylic acids is 1. The van der Waals surface area contributed by atoms with Crippen LogP contribution in [0.1, 0.15) is 19.8 Å². The highest BCUT2D eigenvalue weighted by Gasteiger charge is 2.41. The second-order valence-electron chi connectivity index (χ2n) is 3.49. The Morgan fingerprint density at radius 1 is 1.57 bits per heavy atom. The highest BCUT2D eigenvalue weighted by molar-refractivity contribution is 7.81. The number of halogens is 3. The number of thiol groups is 1. The van der Waals surface area contributed by atoms with Gasteiger partial charge in [0.2, 0.25) is 5.91 Å². The first kappa shape index (κ1) is 11.7. The number of carbonyl (C=O) groups is 1. The zero-order valence-electron chi connectivity index (χ0n) is 7.71. The number of hydrogen-bond acceptors (Lipinski definition) is 2. The van der Waals surface area contributed by atoms with E-state index in [4.69, 9.17) is 0 Å². The highest BCUT2D eigenvalue weighted by atomic mass is 32.1. The topological polar surface area (TPSA) is 20.3 Å². The van der Waals surface area contributed by atoms with Crippen molar-refractivity contribution in [1.29, 1.82) is 0 Å². The largest absolute Gasteiger partial charge is 0.406 e. The fourth-order valence-corrected chi connectivity index (χ4v) is 1.35. The molecule has 2 nitrogen and oxygen atoms in total. The number of rotatable bonds is 3. The fourth-order valence-electron chi connectivity index (χ4n) is 1.21. The van der Waals surface area contributed by atoms with E-state index in [-0.39, 0.29) is 6.04 Å². The van der Waals surface area contributed by atoms with Gasteiger partial charge >= 0.3 is 6.18 Å².